The number of hydrogen-bond acceptors (Lipinski definition) is 4. The minimum Gasteiger partial charge on any atom is -0.298 e. The molecule has 19 heavy (non-hydrogen) atoms. The van der Waals surface area contributed by atoms with Crippen molar-refractivity contribution in [1.29, 1.82) is 0 Å². The van der Waals surface area contributed by atoms with Gasteiger partial charge < -0.3 is 0 Å². The Morgan fingerprint density at radius 3 is 2.95 bits per heavy atom. The summed E-state index contributed by atoms with van der Waals surface area (Å²) in [7, 11) is 0. The van der Waals surface area contributed by atoms with Crippen LogP contribution in [0, 0.1) is 0 Å². The summed E-state index contributed by atoms with van der Waals surface area (Å²) in [6, 6.07) is 1.63. The van der Waals surface area contributed by atoms with Crippen molar-refractivity contribution in [2.24, 2.45) is 0 Å². The number of fused-ring (bicyclic) bond motifs is 1. The van der Waals surface area contributed by atoms with Gasteiger partial charge in [0.05, 0.1) is 15.3 Å². The van der Waals surface area contributed by atoms with E-state index in [4.69, 9.17) is 23.2 Å². The quantitative estimate of drug-likeness (QED) is 0.848. The molecule has 2 aromatic rings. The molecular weight excluding hydrogens is 305 g/mol. The fourth-order valence-corrected chi connectivity index (χ4v) is 3.82. The Labute approximate surface area is 124 Å². The fraction of sp³-hybridized carbons (Fsp3) is 0.417. The smallest absolute Gasteiger partial charge is 0.196 e. The summed E-state index contributed by atoms with van der Waals surface area (Å²) in [5, 5.41) is 9.77. The lowest BCUT2D eigenvalue weighted by Crippen LogP contribution is -2.21. The van der Waals surface area contributed by atoms with E-state index in [1.54, 1.807) is 16.7 Å². The van der Waals surface area contributed by atoms with Gasteiger partial charge in [-0.15, -0.1) is 10.2 Å². The average Bonchev–Trinajstić information content (AvgIpc) is 2.76. The number of pyridine rings is 1. The largest absolute Gasteiger partial charge is 0.298 e. The molecule has 2 aromatic heterocycles. The Balaban J connectivity index is 1.95. The van der Waals surface area contributed by atoms with Gasteiger partial charge in [-0.1, -0.05) is 41.4 Å². The Hall–Kier alpha value is -0.780. The second-order valence-corrected chi connectivity index (χ2v) is 6.51. The topological polar surface area (TPSA) is 47.3 Å². The highest BCUT2D eigenvalue weighted by molar-refractivity contribution is 8.00. The Kier molecular flexibility index (Phi) is 3.69. The van der Waals surface area contributed by atoms with Crippen molar-refractivity contribution in [2.75, 3.05) is 0 Å². The van der Waals surface area contributed by atoms with Crippen molar-refractivity contribution < 1.29 is 4.79 Å². The third-order valence-corrected chi connectivity index (χ3v) is 4.90. The van der Waals surface area contributed by atoms with Gasteiger partial charge in [-0.3, -0.25) is 9.20 Å². The third-order valence-electron chi connectivity index (χ3n) is 3.14. The normalized spacial score (nSPS) is 20.1. The number of hydrogen-bond donors (Lipinski definition) is 0. The number of Topliss-reactive ketones (excluding diaryl/α,β-unsaturated/α-hetero) is 1. The minimum absolute atomic E-state index is 0.0288. The van der Waals surface area contributed by atoms with Crippen LogP contribution in [0.25, 0.3) is 5.65 Å². The van der Waals surface area contributed by atoms with Crippen LogP contribution >= 0.6 is 35.0 Å². The molecule has 0 saturated heterocycles. The van der Waals surface area contributed by atoms with E-state index in [2.05, 4.69) is 10.2 Å². The summed E-state index contributed by atoms with van der Waals surface area (Å²) in [5.41, 5.74) is 0.567. The molecule has 0 spiro atoms. The number of ketones is 1. The van der Waals surface area contributed by atoms with Gasteiger partial charge in [-0.2, -0.15) is 0 Å². The molecular formula is C12H11Cl2N3OS. The zero-order valence-electron chi connectivity index (χ0n) is 9.97. The summed E-state index contributed by atoms with van der Waals surface area (Å²) in [6.45, 7) is 0. The number of carbonyl (C=O) groups is 1. The lowest BCUT2D eigenvalue weighted by molar-refractivity contribution is -0.119. The van der Waals surface area contributed by atoms with Crippen LogP contribution in [0.5, 0.6) is 0 Å². The lowest BCUT2D eigenvalue weighted by atomic mass is 9.99. The number of nitrogens with zero attached hydrogens (tertiary/aromatic N) is 3. The zero-order valence-corrected chi connectivity index (χ0v) is 12.3. The standard InChI is InChI=1S/C12H11Cl2N3OS/c13-7-5-8(14)11-15-16-12(17(11)6-7)19-10-4-2-1-3-9(10)18/h5-6,10H,1-4H2. The average molecular weight is 316 g/mol. The van der Waals surface area contributed by atoms with E-state index < -0.39 is 0 Å². The predicted octanol–water partition coefficient (Wildman–Crippen LogP) is 3.64. The highest BCUT2D eigenvalue weighted by atomic mass is 35.5. The summed E-state index contributed by atoms with van der Waals surface area (Å²) in [5.74, 6) is 0.293. The van der Waals surface area contributed by atoms with E-state index in [9.17, 15) is 4.79 Å². The molecule has 1 fully saturated rings. The van der Waals surface area contributed by atoms with Crippen molar-refractivity contribution >= 4 is 46.4 Å². The molecule has 1 aliphatic carbocycles. The van der Waals surface area contributed by atoms with Crippen molar-refractivity contribution in [2.45, 2.75) is 36.1 Å². The van der Waals surface area contributed by atoms with Gasteiger partial charge in [0.2, 0.25) is 0 Å². The van der Waals surface area contributed by atoms with Gasteiger partial charge in [-0.05, 0) is 18.9 Å². The molecule has 7 heteroatoms. The molecule has 2 heterocycles. The molecule has 0 bridgehead atoms. The molecule has 0 aromatic carbocycles. The van der Waals surface area contributed by atoms with Gasteiger partial charge in [0.25, 0.3) is 0 Å². The molecule has 3 rings (SSSR count). The van der Waals surface area contributed by atoms with Crippen LogP contribution in [0.3, 0.4) is 0 Å². The maximum Gasteiger partial charge on any atom is 0.196 e. The lowest BCUT2D eigenvalue weighted by Gasteiger charge is -2.18. The first kappa shape index (κ1) is 13.2. The first-order valence-corrected chi connectivity index (χ1v) is 7.68. The maximum atomic E-state index is 11.9. The Bertz CT molecular complexity index is 643. The Morgan fingerprint density at radius 1 is 1.32 bits per heavy atom. The van der Waals surface area contributed by atoms with E-state index in [0.717, 1.165) is 19.3 Å². The van der Waals surface area contributed by atoms with Crippen molar-refractivity contribution in [1.82, 2.24) is 14.6 Å². The molecule has 0 amide bonds. The highest BCUT2D eigenvalue weighted by Gasteiger charge is 2.25. The molecule has 0 N–H and O–H groups in total. The van der Waals surface area contributed by atoms with Gasteiger partial charge in [0.15, 0.2) is 10.8 Å². The first-order chi connectivity index (χ1) is 9.15. The molecule has 0 radical (unpaired) electrons. The monoisotopic (exact) mass is 315 g/mol. The van der Waals surface area contributed by atoms with E-state index in [1.807, 2.05) is 0 Å². The third kappa shape index (κ3) is 2.59. The molecule has 1 atom stereocenters. The molecule has 1 saturated carbocycles. The minimum atomic E-state index is -0.0288. The SMILES string of the molecule is O=C1CCCCC1Sc1nnc2c(Cl)cc(Cl)cn12. The first-order valence-electron chi connectivity index (χ1n) is 6.04. The van der Waals surface area contributed by atoms with Crippen molar-refractivity contribution in [3.8, 4) is 0 Å². The maximum absolute atomic E-state index is 11.9. The van der Waals surface area contributed by atoms with Crippen LogP contribution in [-0.4, -0.2) is 25.6 Å². The van der Waals surface area contributed by atoms with Crippen LogP contribution in [0.15, 0.2) is 17.4 Å². The molecule has 4 nitrogen and oxygen atoms in total. The van der Waals surface area contributed by atoms with E-state index >= 15 is 0 Å². The van der Waals surface area contributed by atoms with E-state index in [1.165, 1.54) is 11.8 Å². The number of halogens is 2. The van der Waals surface area contributed by atoms with Gasteiger partial charge >= 0.3 is 0 Å². The van der Waals surface area contributed by atoms with Gasteiger partial charge in [0, 0.05) is 12.6 Å². The summed E-state index contributed by atoms with van der Waals surface area (Å²) >= 11 is 13.5. The van der Waals surface area contributed by atoms with Crippen LogP contribution in [0.4, 0.5) is 0 Å². The zero-order chi connectivity index (χ0) is 13.4. The summed E-state index contributed by atoms with van der Waals surface area (Å²) in [6.07, 6.45) is 5.36. The van der Waals surface area contributed by atoms with Crippen LogP contribution in [0.2, 0.25) is 10.0 Å². The second kappa shape index (κ2) is 5.31. The van der Waals surface area contributed by atoms with E-state index in [-0.39, 0.29) is 5.25 Å². The number of thioether (sulfide) groups is 1. The van der Waals surface area contributed by atoms with Gasteiger partial charge in [0.1, 0.15) is 5.78 Å². The molecule has 0 aliphatic heterocycles. The van der Waals surface area contributed by atoms with Crippen LogP contribution in [-0.2, 0) is 4.79 Å². The van der Waals surface area contributed by atoms with Crippen molar-refractivity contribution in [3.05, 3.63) is 22.3 Å². The van der Waals surface area contributed by atoms with Gasteiger partial charge in [-0.25, -0.2) is 0 Å². The predicted molar refractivity (Wildman–Crippen MR) is 76.1 cm³/mol. The van der Waals surface area contributed by atoms with Crippen molar-refractivity contribution in [3.63, 3.8) is 0 Å². The summed E-state index contributed by atoms with van der Waals surface area (Å²) < 4.78 is 1.75. The number of carbonyl (C=O) groups excluding carboxylic acids is 1. The molecule has 1 aliphatic rings. The molecule has 1 unspecified atom stereocenters. The fourth-order valence-electron chi connectivity index (χ4n) is 2.19. The van der Waals surface area contributed by atoms with Crippen LogP contribution < -0.4 is 0 Å². The number of rotatable bonds is 2. The van der Waals surface area contributed by atoms with E-state index in [0.29, 0.717) is 33.1 Å². The van der Waals surface area contributed by atoms with Crippen LogP contribution in [0.1, 0.15) is 25.7 Å². The number of aromatic nitrogens is 3. The second-order valence-electron chi connectivity index (χ2n) is 4.50. The Morgan fingerprint density at radius 2 is 2.16 bits per heavy atom. The molecule has 100 valence electrons. The summed E-state index contributed by atoms with van der Waals surface area (Å²) in [4.78, 5) is 11.9. The highest BCUT2D eigenvalue weighted by Crippen LogP contribution is 2.32.